The van der Waals surface area contributed by atoms with Crippen LogP contribution in [0, 0.1) is 0 Å². The van der Waals surface area contributed by atoms with E-state index in [9.17, 15) is 14.4 Å². The first kappa shape index (κ1) is 20.9. The van der Waals surface area contributed by atoms with Gasteiger partial charge in [0.05, 0.1) is 19.9 Å². The summed E-state index contributed by atoms with van der Waals surface area (Å²) in [5, 5.41) is 7.43. The number of amides is 1. The fraction of sp³-hybridized carbons (Fsp3) is 0.130. The molecule has 0 aliphatic rings. The molecule has 0 aliphatic heterocycles. The molecule has 0 aliphatic carbocycles. The van der Waals surface area contributed by atoms with Crippen molar-refractivity contribution in [2.24, 2.45) is 0 Å². The molecule has 32 heavy (non-hydrogen) atoms. The molecule has 0 bridgehead atoms. The Balaban J connectivity index is 1.62. The zero-order valence-corrected chi connectivity index (χ0v) is 17.3. The standard InChI is InChI=1S/C23H19N3O6/c1-30-15-7-9-20(31-2)16(12-15)17-8-10-22(28)26(25-17)13-21(27)24-18-11-14-5-3-4-6-19(14)32-23(18)29/h3-12H,13H2,1-2H3,(H,24,27). The quantitative estimate of drug-likeness (QED) is 0.465. The number of aromatic nitrogens is 2. The number of anilines is 1. The van der Waals surface area contributed by atoms with Gasteiger partial charge in [-0.1, -0.05) is 18.2 Å². The molecule has 4 rings (SSSR count). The van der Waals surface area contributed by atoms with Crippen molar-refractivity contribution in [1.82, 2.24) is 9.78 Å². The number of nitrogens with zero attached hydrogens (tertiary/aromatic N) is 2. The zero-order valence-electron chi connectivity index (χ0n) is 17.3. The van der Waals surface area contributed by atoms with Crippen LogP contribution in [-0.2, 0) is 11.3 Å². The summed E-state index contributed by atoms with van der Waals surface area (Å²) >= 11 is 0. The lowest BCUT2D eigenvalue weighted by molar-refractivity contribution is -0.117. The Labute approximate surface area is 181 Å². The molecule has 9 nitrogen and oxygen atoms in total. The predicted octanol–water partition coefficient (Wildman–Crippen LogP) is 2.67. The lowest BCUT2D eigenvalue weighted by Crippen LogP contribution is -2.30. The SMILES string of the molecule is COc1ccc(OC)c(-c2ccc(=O)n(CC(=O)Nc3cc4ccccc4oc3=O)n2)c1. The average Bonchev–Trinajstić information content (AvgIpc) is 2.80. The molecule has 0 spiro atoms. The van der Waals surface area contributed by atoms with Crippen LogP contribution in [0.3, 0.4) is 0 Å². The summed E-state index contributed by atoms with van der Waals surface area (Å²) in [6.45, 7) is -0.398. The van der Waals surface area contributed by atoms with Crippen LogP contribution in [0.2, 0.25) is 0 Å². The Morgan fingerprint density at radius 2 is 1.84 bits per heavy atom. The van der Waals surface area contributed by atoms with Crippen molar-refractivity contribution in [3.05, 3.63) is 81.4 Å². The second-order valence-corrected chi connectivity index (χ2v) is 6.81. The van der Waals surface area contributed by atoms with Crippen molar-refractivity contribution in [1.29, 1.82) is 0 Å². The maximum Gasteiger partial charge on any atom is 0.360 e. The van der Waals surface area contributed by atoms with Gasteiger partial charge in [-0.2, -0.15) is 5.10 Å². The summed E-state index contributed by atoms with van der Waals surface area (Å²) in [5.74, 6) is 0.514. The Hall–Kier alpha value is -4.40. The van der Waals surface area contributed by atoms with E-state index in [1.807, 2.05) is 0 Å². The number of para-hydroxylation sites is 1. The summed E-state index contributed by atoms with van der Waals surface area (Å²) in [6, 6.07) is 16.5. The molecule has 0 atom stereocenters. The second kappa shape index (κ2) is 8.76. The van der Waals surface area contributed by atoms with Gasteiger partial charge in [0.1, 0.15) is 29.3 Å². The van der Waals surface area contributed by atoms with Gasteiger partial charge in [-0.3, -0.25) is 9.59 Å². The van der Waals surface area contributed by atoms with E-state index in [0.717, 1.165) is 4.68 Å². The Kier molecular flexibility index (Phi) is 5.71. The third-order valence-corrected chi connectivity index (χ3v) is 4.76. The van der Waals surface area contributed by atoms with Gasteiger partial charge in [0.2, 0.25) is 5.91 Å². The first-order chi connectivity index (χ1) is 15.5. The van der Waals surface area contributed by atoms with E-state index in [1.54, 1.807) is 42.5 Å². The van der Waals surface area contributed by atoms with Gasteiger partial charge in [-0.25, -0.2) is 9.48 Å². The molecule has 1 amide bonds. The van der Waals surface area contributed by atoms with E-state index in [0.29, 0.717) is 33.7 Å². The third kappa shape index (κ3) is 4.22. The molecule has 0 fully saturated rings. The van der Waals surface area contributed by atoms with E-state index in [4.69, 9.17) is 13.9 Å². The number of nitrogens with one attached hydrogen (secondary N) is 1. The molecule has 0 saturated carbocycles. The summed E-state index contributed by atoms with van der Waals surface area (Å²) in [7, 11) is 3.05. The van der Waals surface area contributed by atoms with E-state index < -0.39 is 23.6 Å². The minimum atomic E-state index is -0.688. The van der Waals surface area contributed by atoms with Gasteiger partial charge in [-0.15, -0.1) is 0 Å². The van der Waals surface area contributed by atoms with Gasteiger partial charge >= 0.3 is 5.63 Å². The van der Waals surface area contributed by atoms with Crippen molar-refractivity contribution in [2.45, 2.75) is 6.54 Å². The van der Waals surface area contributed by atoms with Crippen LogP contribution >= 0.6 is 0 Å². The zero-order chi connectivity index (χ0) is 22.7. The number of benzene rings is 2. The summed E-state index contributed by atoms with van der Waals surface area (Å²) in [6.07, 6.45) is 0. The Morgan fingerprint density at radius 1 is 1.03 bits per heavy atom. The van der Waals surface area contributed by atoms with Crippen LogP contribution in [0.25, 0.3) is 22.2 Å². The van der Waals surface area contributed by atoms with Crippen molar-refractivity contribution >= 4 is 22.6 Å². The topological polar surface area (TPSA) is 113 Å². The van der Waals surface area contributed by atoms with Gasteiger partial charge in [0.15, 0.2) is 0 Å². The van der Waals surface area contributed by atoms with E-state index >= 15 is 0 Å². The number of methoxy groups -OCH3 is 2. The molecule has 1 N–H and O–H groups in total. The molecule has 162 valence electrons. The normalized spacial score (nSPS) is 10.7. The number of fused-ring (bicyclic) bond motifs is 1. The fourth-order valence-corrected chi connectivity index (χ4v) is 3.19. The molecule has 2 heterocycles. The second-order valence-electron chi connectivity index (χ2n) is 6.81. The van der Waals surface area contributed by atoms with Crippen LogP contribution in [0.1, 0.15) is 0 Å². The van der Waals surface area contributed by atoms with Crippen molar-refractivity contribution in [3.8, 4) is 22.8 Å². The third-order valence-electron chi connectivity index (χ3n) is 4.76. The molecular weight excluding hydrogens is 414 g/mol. The van der Waals surface area contributed by atoms with Gasteiger partial charge < -0.3 is 19.2 Å². The number of carbonyl (C=O) groups is 1. The number of rotatable bonds is 6. The van der Waals surface area contributed by atoms with E-state index in [-0.39, 0.29) is 5.69 Å². The van der Waals surface area contributed by atoms with Crippen LogP contribution < -0.4 is 26.0 Å². The Bertz CT molecular complexity index is 1420. The van der Waals surface area contributed by atoms with Crippen LogP contribution in [-0.4, -0.2) is 29.9 Å². The molecule has 0 unspecified atom stereocenters. The first-order valence-electron chi connectivity index (χ1n) is 9.62. The van der Waals surface area contributed by atoms with Gasteiger partial charge in [-0.05, 0) is 36.4 Å². The molecular formula is C23H19N3O6. The van der Waals surface area contributed by atoms with Gasteiger partial charge in [0, 0.05) is 17.0 Å². The maximum atomic E-state index is 12.6. The highest BCUT2D eigenvalue weighted by atomic mass is 16.5. The smallest absolute Gasteiger partial charge is 0.360 e. The Morgan fingerprint density at radius 3 is 2.62 bits per heavy atom. The molecule has 0 radical (unpaired) electrons. The lowest BCUT2D eigenvalue weighted by Gasteiger charge is -2.12. The summed E-state index contributed by atoms with van der Waals surface area (Å²) < 4.78 is 16.8. The number of ether oxygens (including phenoxy) is 2. The van der Waals surface area contributed by atoms with E-state index in [2.05, 4.69) is 10.4 Å². The average molecular weight is 433 g/mol. The number of hydrogen-bond acceptors (Lipinski definition) is 7. The predicted molar refractivity (Wildman–Crippen MR) is 118 cm³/mol. The van der Waals surface area contributed by atoms with Gasteiger partial charge in [0.25, 0.3) is 5.56 Å². The lowest BCUT2D eigenvalue weighted by atomic mass is 10.1. The molecule has 2 aromatic heterocycles. The molecule has 2 aromatic carbocycles. The van der Waals surface area contributed by atoms with Crippen molar-refractivity contribution in [3.63, 3.8) is 0 Å². The number of carbonyl (C=O) groups excluding carboxylic acids is 1. The van der Waals surface area contributed by atoms with Crippen molar-refractivity contribution in [2.75, 3.05) is 19.5 Å². The maximum absolute atomic E-state index is 12.6. The highest BCUT2D eigenvalue weighted by molar-refractivity contribution is 5.92. The minimum Gasteiger partial charge on any atom is -0.497 e. The summed E-state index contributed by atoms with van der Waals surface area (Å²) in [5.41, 5.74) is 0.235. The number of hydrogen-bond donors (Lipinski definition) is 1. The largest absolute Gasteiger partial charge is 0.497 e. The molecule has 0 saturated heterocycles. The van der Waals surface area contributed by atoms with E-state index in [1.165, 1.54) is 32.4 Å². The monoisotopic (exact) mass is 433 g/mol. The molecule has 9 heteroatoms. The minimum absolute atomic E-state index is 0.0210. The fourth-order valence-electron chi connectivity index (χ4n) is 3.19. The first-order valence-corrected chi connectivity index (χ1v) is 9.62. The summed E-state index contributed by atoms with van der Waals surface area (Å²) in [4.78, 5) is 37.0. The highest BCUT2D eigenvalue weighted by Gasteiger charge is 2.14. The highest BCUT2D eigenvalue weighted by Crippen LogP contribution is 2.31. The molecule has 4 aromatic rings. The van der Waals surface area contributed by atoms with Crippen LogP contribution in [0.4, 0.5) is 5.69 Å². The van der Waals surface area contributed by atoms with Crippen LogP contribution in [0.15, 0.2) is 74.7 Å². The van der Waals surface area contributed by atoms with Crippen molar-refractivity contribution < 1.29 is 18.7 Å². The van der Waals surface area contributed by atoms with Crippen LogP contribution in [0.5, 0.6) is 11.5 Å².